The van der Waals surface area contributed by atoms with Crippen LogP contribution in [-0.2, 0) is 19.4 Å². The summed E-state index contributed by atoms with van der Waals surface area (Å²) in [6, 6.07) is 19.9. The largest absolute Gasteiger partial charge is 0.334 e. The molecule has 0 unspecified atom stereocenters. The summed E-state index contributed by atoms with van der Waals surface area (Å²) in [4.78, 5) is 23.2. The van der Waals surface area contributed by atoms with Crippen LogP contribution in [0.4, 0.5) is 0 Å². The van der Waals surface area contributed by atoms with Crippen LogP contribution in [0, 0.1) is 18.3 Å². The molecule has 0 aliphatic heterocycles. The molecular formula is C30H27N5O2S. The van der Waals surface area contributed by atoms with E-state index >= 15 is 0 Å². The third-order valence-corrected chi connectivity index (χ3v) is 7.20. The molecule has 7 nitrogen and oxygen atoms in total. The Morgan fingerprint density at radius 2 is 1.92 bits per heavy atom. The van der Waals surface area contributed by atoms with Gasteiger partial charge in [-0.1, -0.05) is 61.0 Å². The lowest BCUT2D eigenvalue weighted by Crippen LogP contribution is -2.30. The van der Waals surface area contributed by atoms with E-state index in [1.165, 1.54) is 0 Å². The van der Waals surface area contributed by atoms with Gasteiger partial charge in [0.05, 0.1) is 29.4 Å². The molecule has 3 heterocycles. The zero-order valence-electron chi connectivity index (χ0n) is 21.3. The quantitative estimate of drug-likeness (QED) is 0.230. The van der Waals surface area contributed by atoms with E-state index in [0.717, 1.165) is 47.2 Å². The SMILES string of the molecule is CCCCc1nc(C)n(Cc2noc(-c3ccsc3)n2)c(=O)c1Cc1ccc(-c2ccccc2)c(C#N)c1. The number of nitriles is 1. The van der Waals surface area contributed by atoms with E-state index in [2.05, 4.69) is 23.1 Å². The molecule has 5 rings (SSSR count). The zero-order chi connectivity index (χ0) is 26.5. The Bertz CT molecular complexity index is 1650. The summed E-state index contributed by atoms with van der Waals surface area (Å²) < 4.78 is 7.02. The average Bonchev–Trinajstić information content (AvgIpc) is 3.64. The molecule has 0 N–H and O–H groups in total. The number of nitrogens with zero attached hydrogens (tertiary/aromatic N) is 5. The molecule has 0 bridgehead atoms. The minimum atomic E-state index is -0.115. The number of rotatable bonds is 9. The van der Waals surface area contributed by atoms with Gasteiger partial charge in [-0.25, -0.2) is 4.98 Å². The van der Waals surface area contributed by atoms with Crippen LogP contribution in [0.2, 0.25) is 0 Å². The van der Waals surface area contributed by atoms with Gasteiger partial charge < -0.3 is 4.52 Å². The summed E-state index contributed by atoms with van der Waals surface area (Å²) in [5, 5.41) is 17.8. The van der Waals surface area contributed by atoms with Gasteiger partial charge in [0.2, 0.25) is 0 Å². The van der Waals surface area contributed by atoms with Gasteiger partial charge in [0.25, 0.3) is 11.4 Å². The number of benzene rings is 2. The van der Waals surface area contributed by atoms with E-state index in [1.54, 1.807) is 15.9 Å². The van der Waals surface area contributed by atoms with Gasteiger partial charge in [-0.15, -0.1) is 0 Å². The Hall–Kier alpha value is -4.35. The number of thiophene rings is 1. The fourth-order valence-electron chi connectivity index (χ4n) is 4.50. The molecule has 190 valence electrons. The monoisotopic (exact) mass is 521 g/mol. The van der Waals surface area contributed by atoms with E-state index in [-0.39, 0.29) is 12.1 Å². The van der Waals surface area contributed by atoms with Crippen molar-refractivity contribution >= 4 is 11.3 Å². The first-order valence-electron chi connectivity index (χ1n) is 12.6. The fraction of sp³-hybridized carbons (Fsp3) is 0.233. The third-order valence-electron chi connectivity index (χ3n) is 6.51. The van der Waals surface area contributed by atoms with Crippen molar-refractivity contribution in [3.05, 3.63) is 110 Å². The fourth-order valence-corrected chi connectivity index (χ4v) is 5.13. The summed E-state index contributed by atoms with van der Waals surface area (Å²) in [5.41, 5.74) is 5.53. The second-order valence-electron chi connectivity index (χ2n) is 9.14. The molecule has 0 saturated carbocycles. The molecule has 0 aliphatic rings. The number of aromatic nitrogens is 4. The van der Waals surface area contributed by atoms with Gasteiger partial charge in [0, 0.05) is 17.4 Å². The van der Waals surface area contributed by atoms with Crippen LogP contribution in [0.1, 0.15) is 53.8 Å². The van der Waals surface area contributed by atoms with Gasteiger partial charge in [0.15, 0.2) is 5.82 Å². The highest BCUT2D eigenvalue weighted by atomic mass is 32.1. The number of hydrogen-bond acceptors (Lipinski definition) is 7. The van der Waals surface area contributed by atoms with Crippen molar-refractivity contribution in [3.8, 4) is 28.7 Å². The molecule has 0 spiro atoms. The summed E-state index contributed by atoms with van der Waals surface area (Å²) >= 11 is 1.55. The summed E-state index contributed by atoms with van der Waals surface area (Å²) in [5.74, 6) is 1.47. The molecule has 0 fully saturated rings. The molecule has 0 amide bonds. The van der Waals surface area contributed by atoms with Crippen molar-refractivity contribution in [2.75, 3.05) is 0 Å². The van der Waals surface area contributed by atoms with E-state index in [9.17, 15) is 10.1 Å². The van der Waals surface area contributed by atoms with Crippen molar-refractivity contribution in [1.82, 2.24) is 19.7 Å². The smallest absolute Gasteiger partial charge is 0.258 e. The lowest BCUT2D eigenvalue weighted by molar-refractivity contribution is 0.419. The van der Waals surface area contributed by atoms with Crippen molar-refractivity contribution in [3.63, 3.8) is 0 Å². The molecule has 3 aromatic heterocycles. The van der Waals surface area contributed by atoms with E-state index in [4.69, 9.17) is 9.51 Å². The maximum atomic E-state index is 13.8. The lowest BCUT2D eigenvalue weighted by atomic mass is 9.95. The van der Waals surface area contributed by atoms with E-state index in [1.807, 2.05) is 72.3 Å². The molecule has 5 aromatic rings. The number of aryl methyl sites for hydroxylation is 2. The first-order chi connectivity index (χ1) is 18.6. The summed E-state index contributed by atoms with van der Waals surface area (Å²) in [6.07, 6.45) is 3.05. The third kappa shape index (κ3) is 5.34. The minimum Gasteiger partial charge on any atom is -0.334 e. The van der Waals surface area contributed by atoms with Crippen LogP contribution in [-0.4, -0.2) is 19.7 Å². The van der Waals surface area contributed by atoms with E-state index < -0.39 is 0 Å². The number of hydrogen-bond donors (Lipinski definition) is 0. The normalized spacial score (nSPS) is 11.0. The van der Waals surface area contributed by atoms with Gasteiger partial charge in [0.1, 0.15) is 5.82 Å². The predicted molar refractivity (Wildman–Crippen MR) is 148 cm³/mol. The maximum Gasteiger partial charge on any atom is 0.258 e. The Labute approximate surface area is 225 Å². The molecule has 0 radical (unpaired) electrons. The Kier molecular flexibility index (Phi) is 7.57. The highest BCUT2D eigenvalue weighted by Gasteiger charge is 2.18. The van der Waals surface area contributed by atoms with E-state index in [0.29, 0.717) is 35.1 Å². The van der Waals surface area contributed by atoms with Crippen LogP contribution in [0.25, 0.3) is 22.6 Å². The van der Waals surface area contributed by atoms with Gasteiger partial charge in [-0.3, -0.25) is 9.36 Å². The predicted octanol–water partition coefficient (Wildman–Crippen LogP) is 6.18. The zero-order valence-corrected chi connectivity index (χ0v) is 22.2. The van der Waals surface area contributed by atoms with Gasteiger partial charge in [-0.2, -0.15) is 21.6 Å². The molecular weight excluding hydrogens is 494 g/mol. The van der Waals surface area contributed by atoms with Crippen LogP contribution < -0.4 is 5.56 Å². The highest BCUT2D eigenvalue weighted by Crippen LogP contribution is 2.25. The number of unbranched alkanes of at least 4 members (excludes halogenated alkanes) is 1. The van der Waals surface area contributed by atoms with Gasteiger partial charge >= 0.3 is 0 Å². The topological polar surface area (TPSA) is 97.6 Å². The standard InChI is InChI=1S/C30H27N5O2S/c1-3-4-10-27-26(16-21-11-12-25(24(15-21)17-31)22-8-6-5-7-9-22)30(36)35(20(2)32-27)18-28-33-29(37-34-28)23-13-14-38-19-23/h5-9,11-15,19H,3-4,10,16,18H2,1-2H3. The van der Waals surface area contributed by atoms with Crippen molar-refractivity contribution in [2.45, 2.75) is 46.1 Å². The molecule has 38 heavy (non-hydrogen) atoms. The minimum absolute atomic E-state index is 0.115. The Morgan fingerprint density at radius 3 is 2.66 bits per heavy atom. The lowest BCUT2D eigenvalue weighted by Gasteiger charge is -2.15. The Morgan fingerprint density at radius 1 is 1.08 bits per heavy atom. The van der Waals surface area contributed by atoms with Crippen LogP contribution >= 0.6 is 11.3 Å². The molecule has 2 aromatic carbocycles. The molecule has 0 aliphatic carbocycles. The second kappa shape index (κ2) is 11.4. The summed E-state index contributed by atoms with van der Waals surface area (Å²) in [6.45, 7) is 4.13. The van der Waals surface area contributed by atoms with Crippen LogP contribution in [0.15, 0.2) is 74.7 Å². The van der Waals surface area contributed by atoms with Crippen molar-refractivity contribution in [1.29, 1.82) is 5.26 Å². The van der Waals surface area contributed by atoms with Crippen LogP contribution in [0.5, 0.6) is 0 Å². The van der Waals surface area contributed by atoms with Crippen molar-refractivity contribution < 1.29 is 4.52 Å². The van der Waals surface area contributed by atoms with Crippen molar-refractivity contribution in [2.24, 2.45) is 0 Å². The second-order valence-corrected chi connectivity index (χ2v) is 9.92. The summed E-state index contributed by atoms with van der Waals surface area (Å²) in [7, 11) is 0. The Balaban J connectivity index is 1.50. The maximum absolute atomic E-state index is 13.8. The average molecular weight is 522 g/mol. The molecule has 0 saturated heterocycles. The first kappa shape index (κ1) is 25.3. The van der Waals surface area contributed by atoms with Crippen LogP contribution in [0.3, 0.4) is 0 Å². The molecule has 8 heteroatoms. The molecule has 0 atom stereocenters. The first-order valence-corrected chi connectivity index (χ1v) is 13.5. The van der Waals surface area contributed by atoms with Gasteiger partial charge in [-0.05, 0) is 54.0 Å². The highest BCUT2D eigenvalue weighted by molar-refractivity contribution is 7.08.